The van der Waals surface area contributed by atoms with Gasteiger partial charge < -0.3 is 11.1 Å². The largest absolute Gasteiger partial charge is 0.416 e. The number of halogens is 4. The van der Waals surface area contributed by atoms with Crippen molar-refractivity contribution in [3.63, 3.8) is 0 Å². The second-order valence-electron chi connectivity index (χ2n) is 5.52. The zero-order valence-corrected chi connectivity index (χ0v) is 12.0. The maximum atomic E-state index is 12.7. The van der Waals surface area contributed by atoms with Gasteiger partial charge in [0.25, 0.3) is 0 Å². The summed E-state index contributed by atoms with van der Waals surface area (Å²) in [5.74, 6) is -0.394. The fourth-order valence-electron chi connectivity index (χ4n) is 2.61. The standard InChI is InChI=1S/C14H16ClF3N2O/c15-10-5-9(14(16,17)18)6-11(7-10)20-12(21)8-13(19)3-1-2-4-13/h5-7H,1-4,8,19H2,(H,20,21). The van der Waals surface area contributed by atoms with Crippen molar-refractivity contribution in [3.05, 3.63) is 28.8 Å². The zero-order valence-electron chi connectivity index (χ0n) is 11.3. The van der Waals surface area contributed by atoms with E-state index in [0.29, 0.717) is 0 Å². The fraction of sp³-hybridized carbons (Fsp3) is 0.500. The molecule has 2 rings (SSSR count). The van der Waals surface area contributed by atoms with Crippen molar-refractivity contribution in [1.29, 1.82) is 0 Å². The fourth-order valence-corrected chi connectivity index (χ4v) is 2.84. The van der Waals surface area contributed by atoms with Gasteiger partial charge in [0.15, 0.2) is 0 Å². The van der Waals surface area contributed by atoms with Crippen LogP contribution >= 0.6 is 11.6 Å². The summed E-state index contributed by atoms with van der Waals surface area (Å²) in [6.07, 6.45) is -0.961. The van der Waals surface area contributed by atoms with Crippen molar-refractivity contribution in [2.45, 2.75) is 43.8 Å². The molecule has 3 N–H and O–H groups in total. The minimum atomic E-state index is -4.51. The summed E-state index contributed by atoms with van der Waals surface area (Å²) in [7, 11) is 0. The van der Waals surface area contributed by atoms with Crippen LogP contribution in [0.5, 0.6) is 0 Å². The van der Waals surface area contributed by atoms with Gasteiger partial charge in [0.2, 0.25) is 5.91 Å². The third-order valence-corrected chi connectivity index (χ3v) is 3.84. The van der Waals surface area contributed by atoms with Gasteiger partial charge in [-0.1, -0.05) is 24.4 Å². The highest BCUT2D eigenvalue weighted by atomic mass is 35.5. The first-order valence-corrected chi connectivity index (χ1v) is 7.02. The molecular weight excluding hydrogens is 305 g/mol. The third kappa shape index (κ3) is 4.35. The molecule has 1 aliphatic rings. The Morgan fingerprint density at radius 3 is 2.48 bits per heavy atom. The molecule has 0 atom stereocenters. The molecule has 3 nitrogen and oxygen atoms in total. The number of anilines is 1. The molecule has 0 unspecified atom stereocenters. The summed E-state index contributed by atoms with van der Waals surface area (Å²) < 4.78 is 38.0. The van der Waals surface area contributed by atoms with Gasteiger partial charge in [-0.25, -0.2) is 0 Å². The Morgan fingerprint density at radius 2 is 1.90 bits per heavy atom. The number of benzene rings is 1. The van der Waals surface area contributed by atoms with Crippen LogP contribution < -0.4 is 11.1 Å². The van der Waals surface area contributed by atoms with Gasteiger partial charge >= 0.3 is 6.18 Å². The number of rotatable bonds is 3. The van der Waals surface area contributed by atoms with Crippen molar-refractivity contribution < 1.29 is 18.0 Å². The molecule has 0 radical (unpaired) electrons. The molecule has 7 heteroatoms. The summed E-state index contributed by atoms with van der Waals surface area (Å²) in [6.45, 7) is 0. The lowest BCUT2D eigenvalue weighted by Gasteiger charge is -2.22. The van der Waals surface area contributed by atoms with Gasteiger partial charge in [0.05, 0.1) is 5.56 Å². The minimum absolute atomic E-state index is 0.0291. The van der Waals surface area contributed by atoms with Gasteiger partial charge in [0, 0.05) is 22.7 Å². The molecule has 0 bridgehead atoms. The molecule has 1 aromatic rings. The van der Waals surface area contributed by atoms with Gasteiger partial charge in [-0.15, -0.1) is 0 Å². The average Bonchev–Trinajstić information content (AvgIpc) is 2.73. The van der Waals surface area contributed by atoms with E-state index in [1.165, 1.54) is 6.07 Å². The molecule has 1 aliphatic carbocycles. The van der Waals surface area contributed by atoms with Gasteiger partial charge in [-0.2, -0.15) is 13.2 Å². The predicted octanol–water partition coefficient (Wildman–Crippen LogP) is 3.96. The Bertz CT molecular complexity index is 540. The van der Waals surface area contributed by atoms with Crippen molar-refractivity contribution in [1.82, 2.24) is 0 Å². The Hall–Kier alpha value is -1.27. The van der Waals surface area contributed by atoms with Crippen LogP contribution in [0.15, 0.2) is 18.2 Å². The maximum absolute atomic E-state index is 12.7. The van der Waals surface area contributed by atoms with Crippen LogP contribution in [0.3, 0.4) is 0 Å². The number of hydrogen-bond acceptors (Lipinski definition) is 2. The van der Waals surface area contributed by atoms with E-state index in [-0.39, 0.29) is 17.1 Å². The summed E-state index contributed by atoms with van der Waals surface area (Å²) in [5, 5.41) is 2.36. The van der Waals surface area contributed by atoms with Gasteiger partial charge in [0.1, 0.15) is 0 Å². The molecule has 0 aromatic heterocycles. The van der Waals surface area contributed by atoms with Crippen molar-refractivity contribution in [2.24, 2.45) is 5.73 Å². The quantitative estimate of drug-likeness (QED) is 0.885. The van der Waals surface area contributed by atoms with Crippen molar-refractivity contribution in [3.8, 4) is 0 Å². The molecule has 116 valence electrons. The Balaban J connectivity index is 2.08. The van der Waals surface area contributed by atoms with Crippen molar-refractivity contribution >= 4 is 23.2 Å². The highest BCUT2D eigenvalue weighted by Gasteiger charge is 2.33. The van der Waals surface area contributed by atoms with Crippen LogP contribution in [0.1, 0.15) is 37.7 Å². The molecule has 21 heavy (non-hydrogen) atoms. The summed E-state index contributed by atoms with van der Waals surface area (Å²) in [4.78, 5) is 11.9. The molecule has 0 spiro atoms. The van der Waals surface area contributed by atoms with E-state index < -0.39 is 23.2 Å². The lowest BCUT2D eigenvalue weighted by atomic mass is 9.94. The molecule has 0 aliphatic heterocycles. The number of amides is 1. The van der Waals surface area contributed by atoms with Crippen molar-refractivity contribution in [2.75, 3.05) is 5.32 Å². The number of nitrogens with two attached hydrogens (primary N) is 1. The maximum Gasteiger partial charge on any atom is 0.416 e. The first kappa shape index (κ1) is 16.1. The van der Waals surface area contributed by atoms with E-state index >= 15 is 0 Å². The molecule has 1 aromatic carbocycles. The number of nitrogens with one attached hydrogen (secondary N) is 1. The smallest absolute Gasteiger partial charge is 0.326 e. The highest BCUT2D eigenvalue weighted by molar-refractivity contribution is 6.31. The summed E-state index contributed by atoms with van der Waals surface area (Å²) in [6, 6.07) is 2.97. The number of hydrogen-bond donors (Lipinski definition) is 2. The summed E-state index contributed by atoms with van der Waals surface area (Å²) in [5.41, 5.74) is 4.66. The van der Waals surface area contributed by atoms with Gasteiger partial charge in [-0.3, -0.25) is 4.79 Å². The lowest BCUT2D eigenvalue weighted by Crippen LogP contribution is -2.40. The molecule has 1 saturated carbocycles. The van der Waals surface area contributed by atoms with Gasteiger partial charge in [-0.05, 0) is 31.0 Å². The number of carbonyl (C=O) groups is 1. The van der Waals surface area contributed by atoms with E-state index in [9.17, 15) is 18.0 Å². The third-order valence-electron chi connectivity index (χ3n) is 3.62. The van der Waals surface area contributed by atoms with E-state index in [2.05, 4.69) is 5.32 Å². The molecule has 0 saturated heterocycles. The van der Waals surface area contributed by atoms with Crippen LogP contribution in [0.4, 0.5) is 18.9 Å². The first-order valence-electron chi connectivity index (χ1n) is 6.64. The monoisotopic (exact) mass is 320 g/mol. The second-order valence-corrected chi connectivity index (χ2v) is 5.96. The van der Waals surface area contributed by atoms with E-state index in [4.69, 9.17) is 17.3 Å². The van der Waals surface area contributed by atoms with E-state index in [1.807, 2.05) is 0 Å². The highest BCUT2D eigenvalue weighted by Crippen LogP contribution is 2.34. The minimum Gasteiger partial charge on any atom is -0.326 e. The second kappa shape index (κ2) is 5.85. The average molecular weight is 321 g/mol. The number of carbonyl (C=O) groups excluding carboxylic acids is 1. The first-order chi connectivity index (χ1) is 9.68. The SMILES string of the molecule is NC1(CC(=O)Nc2cc(Cl)cc(C(F)(F)F)c2)CCCC1. The summed E-state index contributed by atoms with van der Waals surface area (Å²) >= 11 is 5.66. The Kier molecular flexibility index (Phi) is 4.49. The van der Waals surface area contributed by atoms with E-state index in [1.54, 1.807) is 0 Å². The lowest BCUT2D eigenvalue weighted by molar-refractivity contribution is -0.137. The molecular formula is C14H16ClF3N2O. The van der Waals surface area contributed by atoms with Crippen LogP contribution in [-0.2, 0) is 11.0 Å². The van der Waals surface area contributed by atoms with Crippen LogP contribution in [-0.4, -0.2) is 11.4 Å². The van der Waals surface area contributed by atoms with Crippen LogP contribution in [0, 0.1) is 0 Å². The molecule has 1 fully saturated rings. The zero-order chi connectivity index (χ0) is 15.7. The van der Waals surface area contributed by atoms with Crippen LogP contribution in [0.25, 0.3) is 0 Å². The Morgan fingerprint density at radius 1 is 1.29 bits per heavy atom. The normalized spacial score (nSPS) is 17.8. The molecule has 1 amide bonds. The topological polar surface area (TPSA) is 55.1 Å². The van der Waals surface area contributed by atoms with E-state index in [0.717, 1.165) is 37.8 Å². The molecule has 0 heterocycles. The van der Waals surface area contributed by atoms with Crippen LogP contribution in [0.2, 0.25) is 5.02 Å². The predicted molar refractivity (Wildman–Crippen MR) is 75.1 cm³/mol. The Labute approximate surface area is 125 Å². The number of alkyl halides is 3.